The van der Waals surface area contributed by atoms with Crippen molar-refractivity contribution in [2.75, 3.05) is 7.11 Å². The molecule has 27 heavy (non-hydrogen) atoms. The number of aromatic hydroxyl groups is 1. The van der Waals surface area contributed by atoms with Crippen LogP contribution in [0, 0.1) is 0 Å². The number of aromatic nitrogens is 2. The van der Waals surface area contributed by atoms with Crippen LogP contribution in [0.3, 0.4) is 0 Å². The maximum Gasteiger partial charge on any atom is 0.306 e. The first-order chi connectivity index (χ1) is 13.0. The zero-order valence-corrected chi connectivity index (χ0v) is 15.3. The van der Waals surface area contributed by atoms with E-state index in [1.165, 1.54) is 7.11 Å². The number of rotatable bonds is 7. The molecule has 8 heteroatoms. The van der Waals surface area contributed by atoms with Gasteiger partial charge in [0.25, 0.3) is 5.89 Å². The van der Waals surface area contributed by atoms with Gasteiger partial charge < -0.3 is 19.1 Å². The molecule has 1 N–H and O–H groups in total. The second-order valence-electron chi connectivity index (χ2n) is 5.69. The van der Waals surface area contributed by atoms with E-state index in [1.807, 2.05) is 0 Å². The number of carbonyl (C=O) groups excluding carboxylic acids is 1. The number of esters is 1. The van der Waals surface area contributed by atoms with Crippen molar-refractivity contribution >= 4 is 17.6 Å². The third-order valence-electron chi connectivity index (χ3n) is 3.79. The van der Waals surface area contributed by atoms with Crippen LogP contribution in [-0.4, -0.2) is 28.3 Å². The first-order valence-electron chi connectivity index (χ1n) is 8.15. The molecular formula is C19H17ClN2O5. The van der Waals surface area contributed by atoms with Gasteiger partial charge in [0.05, 0.1) is 7.11 Å². The first-order valence-corrected chi connectivity index (χ1v) is 8.53. The molecule has 0 fully saturated rings. The van der Waals surface area contributed by atoms with E-state index in [1.54, 1.807) is 42.5 Å². The fourth-order valence-electron chi connectivity index (χ4n) is 2.38. The summed E-state index contributed by atoms with van der Waals surface area (Å²) in [6, 6.07) is 12.0. The average molecular weight is 389 g/mol. The molecule has 0 radical (unpaired) electrons. The average Bonchev–Trinajstić information content (AvgIpc) is 3.14. The lowest BCUT2D eigenvalue weighted by molar-refractivity contribution is -0.145. The highest BCUT2D eigenvalue weighted by molar-refractivity contribution is 6.30. The second kappa shape index (κ2) is 8.55. The molecule has 2 aromatic carbocycles. The number of ether oxygens (including phenoxy) is 2. The van der Waals surface area contributed by atoms with Crippen LogP contribution in [0.1, 0.15) is 17.9 Å². The first kappa shape index (κ1) is 18.7. The summed E-state index contributed by atoms with van der Waals surface area (Å²) in [7, 11) is 1.47. The number of carbonyl (C=O) groups is 1. The van der Waals surface area contributed by atoms with Gasteiger partial charge in [-0.2, -0.15) is 4.98 Å². The summed E-state index contributed by atoms with van der Waals surface area (Å²) < 4.78 is 15.2. The van der Waals surface area contributed by atoms with Crippen LogP contribution in [0.15, 0.2) is 47.0 Å². The molecule has 7 nitrogen and oxygen atoms in total. The number of hydrogen-bond acceptors (Lipinski definition) is 7. The SMILES string of the molecule is COc1ccc(CCC(=O)OCc2nc(-c3ccc(Cl)cc3)no2)cc1O. The molecule has 3 rings (SSSR count). The van der Waals surface area contributed by atoms with Gasteiger partial charge in [0, 0.05) is 17.0 Å². The van der Waals surface area contributed by atoms with Crippen molar-refractivity contribution in [3.05, 3.63) is 58.9 Å². The Morgan fingerprint density at radius 1 is 1.22 bits per heavy atom. The van der Waals surface area contributed by atoms with E-state index >= 15 is 0 Å². The number of phenolic OH excluding ortho intramolecular Hbond substituents is 1. The third-order valence-corrected chi connectivity index (χ3v) is 4.04. The maximum atomic E-state index is 11.9. The Morgan fingerprint density at radius 3 is 2.70 bits per heavy atom. The van der Waals surface area contributed by atoms with Crippen molar-refractivity contribution in [3.8, 4) is 22.9 Å². The molecule has 0 atom stereocenters. The van der Waals surface area contributed by atoms with Crippen LogP contribution in [0.5, 0.6) is 11.5 Å². The number of phenols is 1. The molecule has 0 spiro atoms. The minimum atomic E-state index is -0.406. The van der Waals surface area contributed by atoms with Crippen molar-refractivity contribution in [1.29, 1.82) is 0 Å². The zero-order valence-electron chi connectivity index (χ0n) is 14.5. The minimum Gasteiger partial charge on any atom is -0.504 e. The van der Waals surface area contributed by atoms with Crippen molar-refractivity contribution in [2.24, 2.45) is 0 Å². The number of methoxy groups -OCH3 is 1. The van der Waals surface area contributed by atoms with Crippen molar-refractivity contribution < 1.29 is 23.9 Å². The Kier molecular flexibility index (Phi) is 5.93. The molecule has 0 unspecified atom stereocenters. The second-order valence-corrected chi connectivity index (χ2v) is 6.12. The molecule has 0 aliphatic heterocycles. The fraction of sp³-hybridized carbons (Fsp3) is 0.211. The van der Waals surface area contributed by atoms with Crippen molar-refractivity contribution in [1.82, 2.24) is 10.1 Å². The van der Waals surface area contributed by atoms with E-state index in [2.05, 4.69) is 10.1 Å². The molecular weight excluding hydrogens is 372 g/mol. The molecule has 0 aliphatic carbocycles. The topological polar surface area (TPSA) is 94.7 Å². The van der Waals surface area contributed by atoms with E-state index in [-0.39, 0.29) is 24.7 Å². The van der Waals surface area contributed by atoms with Crippen LogP contribution in [0.4, 0.5) is 0 Å². The molecule has 0 saturated carbocycles. The predicted octanol–water partition coefficient (Wildman–Crippen LogP) is 3.78. The van der Waals surface area contributed by atoms with Gasteiger partial charge in [-0.05, 0) is 48.4 Å². The summed E-state index contributed by atoms with van der Waals surface area (Å²) in [5.41, 5.74) is 1.55. The standard InChI is InChI=1S/C19H17ClN2O5/c1-25-16-8-2-12(10-15(16)23)3-9-18(24)26-11-17-21-19(22-27-17)13-4-6-14(20)7-5-13/h2,4-8,10,23H,3,9,11H2,1H3. The van der Waals surface area contributed by atoms with Crippen LogP contribution >= 0.6 is 11.6 Å². The molecule has 1 heterocycles. The van der Waals surface area contributed by atoms with E-state index in [0.29, 0.717) is 23.0 Å². The lowest BCUT2D eigenvalue weighted by Gasteiger charge is -2.06. The Bertz CT molecular complexity index is 924. The van der Waals surface area contributed by atoms with Gasteiger partial charge in [0.15, 0.2) is 18.1 Å². The lowest BCUT2D eigenvalue weighted by Crippen LogP contribution is -2.06. The van der Waals surface area contributed by atoms with Crippen LogP contribution in [0.2, 0.25) is 5.02 Å². The molecule has 0 amide bonds. The molecule has 140 valence electrons. The molecule has 3 aromatic rings. The van der Waals surface area contributed by atoms with Crippen molar-refractivity contribution in [2.45, 2.75) is 19.4 Å². The number of nitrogens with zero attached hydrogens (tertiary/aromatic N) is 2. The quantitative estimate of drug-likeness (QED) is 0.615. The van der Waals surface area contributed by atoms with Gasteiger partial charge in [-0.3, -0.25) is 4.79 Å². The summed E-state index contributed by atoms with van der Waals surface area (Å²) in [5, 5.41) is 14.2. The molecule has 0 bridgehead atoms. The number of aryl methyl sites for hydroxylation is 1. The van der Waals surface area contributed by atoms with Gasteiger partial charge in [0.1, 0.15) is 0 Å². The Balaban J connectivity index is 1.49. The Labute approximate surface area is 160 Å². The van der Waals surface area contributed by atoms with Crippen molar-refractivity contribution in [3.63, 3.8) is 0 Å². The third kappa shape index (κ3) is 4.98. The monoisotopic (exact) mass is 388 g/mol. The van der Waals surface area contributed by atoms with E-state index in [9.17, 15) is 9.90 Å². The highest BCUT2D eigenvalue weighted by Crippen LogP contribution is 2.26. The lowest BCUT2D eigenvalue weighted by atomic mass is 10.1. The smallest absolute Gasteiger partial charge is 0.306 e. The molecule has 1 aromatic heterocycles. The highest BCUT2D eigenvalue weighted by atomic mass is 35.5. The maximum absolute atomic E-state index is 11.9. The summed E-state index contributed by atoms with van der Waals surface area (Å²) in [6.07, 6.45) is 0.584. The Hall–Kier alpha value is -3.06. The Morgan fingerprint density at radius 2 is 2.00 bits per heavy atom. The van der Waals surface area contributed by atoms with Crippen LogP contribution in [0.25, 0.3) is 11.4 Å². The zero-order chi connectivity index (χ0) is 19.2. The van der Waals surface area contributed by atoms with Crippen LogP contribution in [-0.2, 0) is 22.6 Å². The summed E-state index contributed by atoms with van der Waals surface area (Å²) >= 11 is 5.84. The predicted molar refractivity (Wildman–Crippen MR) is 97.5 cm³/mol. The van der Waals surface area contributed by atoms with E-state index < -0.39 is 5.97 Å². The number of benzene rings is 2. The number of halogens is 1. The normalized spacial score (nSPS) is 10.6. The molecule has 0 aliphatic rings. The van der Waals surface area contributed by atoms with Gasteiger partial charge in [-0.1, -0.05) is 22.8 Å². The van der Waals surface area contributed by atoms with Gasteiger partial charge in [0.2, 0.25) is 5.82 Å². The van der Waals surface area contributed by atoms with Gasteiger partial charge >= 0.3 is 5.97 Å². The van der Waals surface area contributed by atoms with Gasteiger partial charge in [-0.15, -0.1) is 0 Å². The largest absolute Gasteiger partial charge is 0.504 e. The minimum absolute atomic E-state index is 0.0314. The van der Waals surface area contributed by atoms with Gasteiger partial charge in [-0.25, -0.2) is 0 Å². The summed E-state index contributed by atoms with van der Waals surface area (Å²) in [5.74, 6) is 0.608. The number of hydrogen-bond donors (Lipinski definition) is 1. The highest BCUT2D eigenvalue weighted by Gasteiger charge is 2.12. The van der Waals surface area contributed by atoms with Crippen LogP contribution < -0.4 is 4.74 Å². The summed E-state index contributed by atoms with van der Waals surface area (Å²) in [6.45, 7) is -0.104. The summed E-state index contributed by atoms with van der Waals surface area (Å²) in [4.78, 5) is 16.1. The fourth-order valence-corrected chi connectivity index (χ4v) is 2.51. The van der Waals surface area contributed by atoms with E-state index in [0.717, 1.165) is 11.1 Å². The van der Waals surface area contributed by atoms with E-state index in [4.69, 9.17) is 25.6 Å². The molecule has 0 saturated heterocycles.